The van der Waals surface area contributed by atoms with Crippen molar-refractivity contribution in [2.45, 2.75) is 65.1 Å². The molecule has 3 aliphatic carbocycles. The van der Waals surface area contributed by atoms with Crippen molar-refractivity contribution in [1.82, 2.24) is 0 Å². The van der Waals surface area contributed by atoms with E-state index in [9.17, 15) is 15.3 Å². The van der Waals surface area contributed by atoms with Gasteiger partial charge in [-0.2, -0.15) is 0 Å². The van der Waals surface area contributed by atoms with Crippen LogP contribution in [0.2, 0.25) is 0 Å². The van der Waals surface area contributed by atoms with Crippen LogP contribution >= 0.6 is 0 Å². The average molecular weight is 320 g/mol. The zero-order chi connectivity index (χ0) is 17.0. The highest BCUT2D eigenvalue weighted by atomic mass is 16.3. The first-order valence-electron chi connectivity index (χ1n) is 9.00. The fourth-order valence-corrected chi connectivity index (χ4v) is 5.98. The van der Waals surface area contributed by atoms with Crippen molar-refractivity contribution in [2.75, 3.05) is 6.61 Å². The van der Waals surface area contributed by atoms with E-state index in [-0.39, 0.29) is 23.4 Å². The molecule has 0 aromatic rings. The van der Waals surface area contributed by atoms with Gasteiger partial charge in [0, 0.05) is 5.41 Å². The van der Waals surface area contributed by atoms with Crippen molar-refractivity contribution >= 4 is 0 Å². The van der Waals surface area contributed by atoms with Crippen molar-refractivity contribution in [3.05, 3.63) is 24.3 Å². The summed E-state index contributed by atoms with van der Waals surface area (Å²) in [6.45, 7) is 10.4. The third kappa shape index (κ3) is 2.35. The largest absolute Gasteiger partial charge is 0.396 e. The molecule has 3 nitrogen and oxygen atoms in total. The third-order valence-corrected chi connectivity index (χ3v) is 7.59. The van der Waals surface area contributed by atoms with Gasteiger partial charge < -0.3 is 15.3 Å². The van der Waals surface area contributed by atoms with Gasteiger partial charge in [-0.1, -0.05) is 38.5 Å². The number of aliphatic hydroxyl groups is 3. The number of hydrogen-bond acceptors (Lipinski definition) is 3. The van der Waals surface area contributed by atoms with Crippen LogP contribution in [0, 0.1) is 28.1 Å². The minimum atomic E-state index is -0.845. The quantitative estimate of drug-likeness (QED) is 0.685. The van der Waals surface area contributed by atoms with Crippen LogP contribution in [0.1, 0.15) is 52.9 Å². The molecule has 0 saturated heterocycles. The molecular weight excluding hydrogens is 288 g/mol. The van der Waals surface area contributed by atoms with E-state index in [4.69, 9.17) is 0 Å². The SMILES string of the molecule is C=CC1(C)CCC2C(=CCC3C2(C)CC(O)C(O)C3(C)CO)C1. The lowest BCUT2D eigenvalue weighted by Crippen LogP contribution is -2.62. The van der Waals surface area contributed by atoms with Crippen LogP contribution in [0.3, 0.4) is 0 Å². The number of rotatable bonds is 2. The van der Waals surface area contributed by atoms with Gasteiger partial charge in [-0.3, -0.25) is 0 Å². The molecule has 0 aromatic carbocycles. The molecule has 3 N–H and O–H groups in total. The maximum absolute atomic E-state index is 10.5. The van der Waals surface area contributed by atoms with E-state index in [1.807, 2.05) is 6.92 Å². The lowest BCUT2D eigenvalue weighted by molar-refractivity contribution is -0.196. The Morgan fingerprint density at radius 2 is 2.00 bits per heavy atom. The standard InChI is InChI=1S/C20H32O3/c1-5-18(2)9-8-14-13(10-18)6-7-16-19(14,3)11-15(22)17(23)20(16,4)12-21/h5-6,14-17,21-23H,1,7-12H2,2-4H3. The number of allylic oxidation sites excluding steroid dienone is 3. The van der Waals surface area contributed by atoms with Crippen LogP contribution in [-0.2, 0) is 0 Å². The maximum Gasteiger partial charge on any atom is 0.0877 e. The van der Waals surface area contributed by atoms with Crippen molar-refractivity contribution in [3.63, 3.8) is 0 Å². The Bertz CT molecular complexity index is 527. The molecule has 0 bridgehead atoms. The number of aliphatic hydroxyl groups excluding tert-OH is 3. The van der Waals surface area contributed by atoms with E-state index in [1.54, 1.807) is 0 Å². The zero-order valence-corrected chi connectivity index (χ0v) is 14.8. The van der Waals surface area contributed by atoms with Gasteiger partial charge in [0.15, 0.2) is 0 Å². The summed E-state index contributed by atoms with van der Waals surface area (Å²) in [6, 6.07) is 0. The highest BCUT2D eigenvalue weighted by molar-refractivity contribution is 5.26. The second-order valence-electron chi connectivity index (χ2n) is 9.08. The topological polar surface area (TPSA) is 60.7 Å². The van der Waals surface area contributed by atoms with Crippen LogP contribution in [0.5, 0.6) is 0 Å². The van der Waals surface area contributed by atoms with Gasteiger partial charge in [0.2, 0.25) is 0 Å². The second kappa shape index (κ2) is 5.44. The Morgan fingerprint density at radius 3 is 2.61 bits per heavy atom. The Morgan fingerprint density at radius 1 is 1.30 bits per heavy atom. The van der Waals surface area contributed by atoms with E-state index in [2.05, 4.69) is 32.6 Å². The molecule has 23 heavy (non-hydrogen) atoms. The van der Waals surface area contributed by atoms with Crippen molar-refractivity contribution < 1.29 is 15.3 Å². The predicted octanol–water partition coefficient (Wildman–Crippen LogP) is 3.06. The Kier molecular flexibility index (Phi) is 4.06. The van der Waals surface area contributed by atoms with Gasteiger partial charge in [0.25, 0.3) is 0 Å². The molecular formula is C20H32O3. The molecule has 2 fully saturated rings. The molecule has 2 saturated carbocycles. The normalized spacial score (nSPS) is 53.0. The van der Waals surface area contributed by atoms with E-state index in [0.717, 1.165) is 25.7 Å². The Labute approximate surface area is 140 Å². The van der Waals surface area contributed by atoms with Crippen LogP contribution in [0.25, 0.3) is 0 Å². The van der Waals surface area contributed by atoms with E-state index < -0.39 is 17.6 Å². The molecule has 3 rings (SSSR count). The lowest BCUT2D eigenvalue weighted by atomic mass is 9.44. The van der Waals surface area contributed by atoms with Gasteiger partial charge in [-0.25, -0.2) is 0 Å². The minimum Gasteiger partial charge on any atom is -0.396 e. The summed E-state index contributed by atoms with van der Waals surface area (Å²) in [5.74, 6) is 0.655. The van der Waals surface area contributed by atoms with Crippen molar-refractivity contribution in [2.24, 2.45) is 28.1 Å². The molecule has 0 aliphatic heterocycles. The molecule has 7 atom stereocenters. The molecule has 0 radical (unpaired) electrons. The molecule has 0 amide bonds. The summed E-state index contributed by atoms with van der Waals surface area (Å²) in [6.07, 6.45) is 7.64. The van der Waals surface area contributed by atoms with Crippen LogP contribution in [-0.4, -0.2) is 34.1 Å². The highest BCUT2D eigenvalue weighted by Gasteiger charge is 2.60. The Balaban J connectivity index is 2.00. The molecule has 0 spiro atoms. The molecule has 0 heterocycles. The first-order chi connectivity index (χ1) is 10.7. The van der Waals surface area contributed by atoms with Crippen molar-refractivity contribution in [1.29, 1.82) is 0 Å². The monoisotopic (exact) mass is 320 g/mol. The van der Waals surface area contributed by atoms with Gasteiger partial charge in [0.05, 0.1) is 18.8 Å². The summed E-state index contributed by atoms with van der Waals surface area (Å²) in [5.41, 5.74) is 0.996. The smallest absolute Gasteiger partial charge is 0.0877 e. The Hall–Kier alpha value is -0.640. The maximum atomic E-state index is 10.5. The molecule has 3 aliphatic rings. The zero-order valence-electron chi connectivity index (χ0n) is 14.8. The van der Waals surface area contributed by atoms with Crippen LogP contribution in [0.15, 0.2) is 24.3 Å². The lowest BCUT2D eigenvalue weighted by Gasteiger charge is -2.61. The first kappa shape index (κ1) is 17.2. The van der Waals surface area contributed by atoms with E-state index in [1.165, 1.54) is 5.57 Å². The average Bonchev–Trinajstić information content (AvgIpc) is 2.52. The molecule has 3 heteroatoms. The minimum absolute atomic E-state index is 0.0529. The van der Waals surface area contributed by atoms with Crippen LogP contribution < -0.4 is 0 Å². The number of fused-ring (bicyclic) bond motifs is 3. The van der Waals surface area contributed by atoms with Gasteiger partial charge in [-0.05, 0) is 54.8 Å². The highest BCUT2D eigenvalue weighted by Crippen LogP contribution is 2.63. The summed E-state index contributed by atoms with van der Waals surface area (Å²) >= 11 is 0. The van der Waals surface area contributed by atoms with E-state index >= 15 is 0 Å². The number of hydrogen-bond donors (Lipinski definition) is 3. The molecule has 0 aromatic heterocycles. The summed E-state index contributed by atoms with van der Waals surface area (Å²) in [4.78, 5) is 0. The first-order valence-corrected chi connectivity index (χ1v) is 9.00. The fraction of sp³-hybridized carbons (Fsp3) is 0.800. The second-order valence-corrected chi connectivity index (χ2v) is 9.08. The predicted molar refractivity (Wildman–Crippen MR) is 91.8 cm³/mol. The van der Waals surface area contributed by atoms with Gasteiger partial charge >= 0.3 is 0 Å². The van der Waals surface area contributed by atoms with Gasteiger partial charge in [0.1, 0.15) is 0 Å². The van der Waals surface area contributed by atoms with Crippen molar-refractivity contribution in [3.8, 4) is 0 Å². The van der Waals surface area contributed by atoms with Gasteiger partial charge in [-0.15, -0.1) is 6.58 Å². The molecule has 130 valence electrons. The fourth-order valence-electron chi connectivity index (χ4n) is 5.98. The summed E-state index contributed by atoms with van der Waals surface area (Å²) in [5, 5.41) is 31.0. The summed E-state index contributed by atoms with van der Waals surface area (Å²) < 4.78 is 0. The third-order valence-electron chi connectivity index (χ3n) is 7.59. The molecule has 7 unspecified atom stereocenters. The van der Waals surface area contributed by atoms with Crippen LogP contribution in [0.4, 0.5) is 0 Å². The summed E-state index contributed by atoms with van der Waals surface area (Å²) in [7, 11) is 0. The van der Waals surface area contributed by atoms with E-state index in [0.29, 0.717) is 12.3 Å².